The molecule has 1 aromatic carbocycles. The lowest BCUT2D eigenvalue weighted by atomic mass is 10.2. The molecule has 160 valence electrons. The van der Waals surface area contributed by atoms with E-state index in [0.717, 1.165) is 19.4 Å². The molecule has 3 rings (SSSR count). The number of carbonyl (C=O) groups excluding carboxylic acids is 2. The lowest BCUT2D eigenvalue weighted by Crippen LogP contribution is -2.43. The first kappa shape index (κ1) is 21.8. The van der Waals surface area contributed by atoms with E-state index in [1.165, 1.54) is 12.1 Å². The van der Waals surface area contributed by atoms with E-state index in [0.29, 0.717) is 18.7 Å². The highest BCUT2D eigenvalue weighted by Crippen LogP contribution is 2.35. The molecule has 1 fully saturated rings. The van der Waals surface area contributed by atoms with Crippen LogP contribution in [0.25, 0.3) is 0 Å². The number of carbonyl (C=O) groups is 2. The zero-order valence-electron chi connectivity index (χ0n) is 16.4. The number of anilines is 1. The number of rotatable bonds is 7. The summed E-state index contributed by atoms with van der Waals surface area (Å²) in [5.41, 5.74) is 0.343. The van der Waals surface area contributed by atoms with E-state index in [9.17, 15) is 18.0 Å². The van der Waals surface area contributed by atoms with Crippen molar-refractivity contribution in [1.82, 2.24) is 14.5 Å². The largest absolute Gasteiger partial charge is 0.482 e. The van der Waals surface area contributed by atoms with Crippen LogP contribution in [0.4, 0.5) is 5.69 Å². The second kappa shape index (κ2) is 8.86. The van der Waals surface area contributed by atoms with E-state index in [-0.39, 0.29) is 46.7 Å². The third kappa shape index (κ3) is 5.00. The van der Waals surface area contributed by atoms with Crippen molar-refractivity contribution in [3.05, 3.63) is 17.2 Å². The normalized spacial score (nSPS) is 19.4. The summed E-state index contributed by atoms with van der Waals surface area (Å²) in [4.78, 5) is 27.2. The van der Waals surface area contributed by atoms with Gasteiger partial charge >= 0.3 is 0 Å². The topological polar surface area (TPSA) is 108 Å². The van der Waals surface area contributed by atoms with Gasteiger partial charge in [-0.2, -0.15) is 0 Å². The molecule has 2 heterocycles. The fourth-order valence-electron chi connectivity index (χ4n) is 3.53. The summed E-state index contributed by atoms with van der Waals surface area (Å²) in [6.07, 6.45) is 2.34. The third-order valence-corrected chi connectivity index (χ3v) is 6.89. The number of likely N-dealkylation sites (tertiary alicyclic amines) is 1. The molecule has 0 bridgehead atoms. The van der Waals surface area contributed by atoms with Gasteiger partial charge in [0.05, 0.1) is 16.8 Å². The number of halogens is 1. The van der Waals surface area contributed by atoms with E-state index in [2.05, 4.69) is 14.9 Å². The van der Waals surface area contributed by atoms with Crippen LogP contribution in [0.3, 0.4) is 0 Å². The lowest BCUT2D eigenvalue weighted by Gasteiger charge is -2.26. The maximum atomic E-state index is 12.6. The summed E-state index contributed by atoms with van der Waals surface area (Å²) in [5.74, 6) is 0.0164. The van der Waals surface area contributed by atoms with Gasteiger partial charge in [0.1, 0.15) is 10.6 Å². The molecule has 1 saturated heterocycles. The van der Waals surface area contributed by atoms with Gasteiger partial charge < -0.3 is 15.0 Å². The highest BCUT2D eigenvalue weighted by atomic mass is 35.5. The number of benzene rings is 1. The molecule has 2 aliphatic heterocycles. The van der Waals surface area contributed by atoms with Crippen LogP contribution in [0.15, 0.2) is 17.0 Å². The van der Waals surface area contributed by atoms with Crippen LogP contribution in [0, 0.1) is 0 Å². The number of likely N-dealkylation sites (N-methyl/N-ethyl adjacent to an activating group) is 1. The van der Waals surface area contributed by atoms with Crippen molar-refractivity contribution in [3.63, 3.8) is 0 Å². The van der Waals surface area contributed by atoms with Crippen LogP contribution in [-0.4, -0.2) is 76.4 Å². The predicted molar refractivity (Wildman–Crippen MR) is 109 cm³/mol. The molecular weight excluding hydrogens is 420 g/mol. The molecule has 9 nitrogen and oxygen atoms in total. The Morgan fingerprint density at radius 3 is 2.90 bits per heavy atom. The van der Waals surface area contributed by atoms with E-state index in [1.54, 1.807) is 19.0 Å². The molecule has 1 aromatic rings. The van der Waals surface area contributed by atoms with Gasteiger partial charge in [-0.05, 0) is 31.9 Å². The Morgan fingerprint density at radius 2 is 2.17 bits per heavy atom. The van der Waals surface area contributed by atoms with E-state index >= 15 is 0 Å². The quantitative estimate of drug-likeness (QED) is 0.605. The average molecular weight is 445 g/mol. The molecule has 0 aliphatic carbocycles. The molecule has 29 heavy (non-hydrogen) atoms. The van der Waals surface area contributed by atoms with E-state index < -0.39 is 10.0 Å². The molecule has 1 atom stereocenters. The van der Waals surface area contributed by atoms with Crippen molar-refractivity contribution in [3.8, 4) is 5.75 Å². The maximum Gasteiger partial charge on any atom is 0.262 e. The summed E-state index contributed by atoms with van der Waals surface area (Å²) in [5, 5.41) is 2.58. The zero-order valence-corrected chi connectivity index (χ0v) is 18.0. The van der Waals surface area contributed by atoms with E-state index in [1.807, 2.05) is 0 Å². The van der Waals surface area contributed by atoms with Gasteiger partial charge in [-0.15, -0.1) is 0 Å². The number of hydrogen-bond donors (Lipinski definition) is 2. The zero-order chi connectivity index (χ0) is 21.2. The summed E-state index contributed by atoms with van der Waals surface area (Å²) >= 11 is 6.12. The monoisotopic (exact) mass is 444 g/mol. The van der Waals surface area contributed by atoms with Crippen LogP contribution in [-0.2, 0) is 19.6 Å². The number of sulfonamides is 1. The van der Waals surface area contributed by atoms with Crippen molar-refractivity contribution >= 4 is 39.1 Å². The van der Waals surface area contributed by atoms with Gasteiger partial charge in [-0.3, -0.25) is 14.5 Å². The highest BCUT2D eigenvalue weighted by molar-refractivity contribution is 7.89. The van der Waals surface area contributed by atoms with Gasteiger partial charge in [-0.25, -0.2) is 13.1 Å². The molecule has 2 N–H and O–H groups in total. The molecule has 2 aliphatic rings. The average Bonchev–Trinajstić information content (AvgIpc) is 3.12. The van der Waals surface area contributed by atoms with Crippen molar-refractivity contribution in [2.75, 3.05) is 45.7 Å². The fourth-order valence-corrected chi connectivity index (χ4v) is 5.14. The Hall–Kier alpha value is -1.88. The molecule has 0 spiro atoms. The van der Waals surface area contributed by atoms with Crippen LogP contribution < -0.4 is 14.8 Å². The highest BCUT2D eigenvalue weighted by Gasteiger charge is 2.31. The van der Waals surface area contributed by atoms with E-state index in [4.69, 9.17) is 16.3 Å². The Bertz CT molecular complexity index is 906. The number of nitrogens with zero attached hydrogens (tertiary/aromatic N) is 2. The standard InChI is InChI=1S/C18H25ClN4O5S/c1-22(2)18(25)14-5-3-7-23(14)8-4-6-20-29(26,27)16-10-15-13(9-12(16)19)21-17(24)11-28-15/h9-10,14,20H,3-8,11H2,1-2H3,(H,21,24). The molecule has 0 aromatic heterocycles. The SMILES string of the molecule is CN(C)C(=O)C1CCCN1CCCNS(=O)(=O)c1cc2c(cc1Cl)NC(=O)CO2. The smallest absolute Gasteiger partial charge is 0.262 e. The summed E-state index contributed by atoms with van der Waals surface area (Å²) in [6.45, 7) is 1.49. The predicted octanol–water partition coefficient (Wildman–Crippen LogP) is 0.892. The Labute approximate surface area is 175 Å². The van der Waals surface area contributed by atoms with Gasteiger partial charge in [-0.1, -0.05) is 11.6 Å². The van der Waals surface area contributed by atoms with Crippen LogP contribution in [0.2, 0.25) is 5.02 Å². The van der Waals surface area contributed by atoms with Gasteiger partial charge in [0, 0.05) is 33.3 Å². The molecule has 11 heteroatoms. The molecule has 1 unspecified atom stereocenters. The minimum absolute atomic E-state index is 0.00163. The summed E-state index contributed by atoms with van der Waals surface area (Å²) in [7, 11) is -0.364. The number of amides is 2. The minimum atomic E-state index is -3.85. The molecular formula is C18H25ClN4O5S. The van der Waals surface area contributed by atoms with Crippen LogP contribution in [0.5, 0.6) is 5.75 Å². The first-order valence-corrected chi connectivity index (χ1v) is 11.3. The second-order valence-corrected chi connectivity index (χ2v) is 9.44. The van der Waals surface area contributed by atoms with Crippen molar-refractivity contribution in [1.29, 1.82) is 0 Å². The number of fused-ring (bicyclic) bond motifs is 1. The summed E-state index contributed by atoms with van der Waals surface area (Å²) in [6, 6.07) is 2.54. The first-order valence-electron chi connectivity index (χ1n) is 9.40. The summed E-state index contributed by atoms with van der Waals surface area (Å²) < 4.78 is 33.1. The first-order chi connectivity index (χ1) is 13.7. The fraction of sp³-hybridized carbons (Fsp3) is 0.556. The second-order valence-electron chi connectivity index (χ2n) is 7.29. The Morgan fingerprint density at radius 1 is 1.41 bits per heavy atom. The molecule has 0 saturated carbocycles. The Kier molecular flexibility index (Phi) is 6.67. The van der Waals surface area contributed by atoms with Crippen molar-refractivity contribution in [2.45, 2.75) is 30.2 Å². The minimum Gasteiger partial charge on any atom is -0.482 e. The van der Waals surface area contributed by atoms with Crippen LogP contribution in [0.1, 0.15) is 19.3 Å². The number of nitrogens with one attached hydrogen (secondary N) is 2. The molecule has 0 radical (unpaired) electrons. The van der Waals surface area contributed by atoms with Crippen molar-refractivity contribution < 1.29 is 22.7 Å². The maximum absolute atomic E-state index is 12.6. The van der Waals surface area contributed by atoms with Gasteiger partial charge in [0.15, 0.2) is 6.61 Å². The van der Waals surface area contributed by atoms with Crippen LogP contribution >= 0.6 is 11.6 Å². The molecule has 2 amide bonds. The van der Waals surface area contributed by atoms with Gasteiger partial charge in [0.25, 0.3) is 5.91 Å². The Balaban J connectivity index is 1.58. The van der Waals surface area contributed by atoms with Gasteiger partial charge in [0.2, 0.25) is 15.9 Å². The number of ether oxygens (including phenoxy) is 1. The lowest BCUT2D eigenvalue weighted by molar-refractivity contribution is -0.133. The third-order valence-electron chi connectivity index (χ3n) is 4.96. The number of hydrogen-bond acceptors (Lipinski definition) is 6. The van der Waals surface area contributed by atoms with Crippen molar-refractivity contribution in [2.24, 2.45) is 0 Å².